The number of phenolic OH excluding ortho intramolecular Hbond substituents is 1. The zero-order chi connectivity index (χ0) is 30.0. The number of amides is 3. The van der Waals surface area contributed by atoms with Crippen LogP contribution in [0.3, 0.4) is 0 Å². The van der Waals surface area contributed by atoms with Crippen molar-refractivity contribution in [2.24, 2.45) is 11.8 Å². The van der Waals surface area contributed by atoms with Gasteiger partial charge in [0.25, 0.3) is 0 Å². The molecule has 0 aliphatic heterocycles. The van der Waals surface area contributed by atoms with E-state index in [-0.39, 0.29) is 35.6 Å². The Balaban J connectivity index is 2.57. The molecule has 0 bridgehead atoms. The molecule has 1 aliphatic rings. The molecule has 40 heavy (non-hydrogen) atoms. The van der Waals surface area contributed by atoms with Crippen LogP contribution in [0.2, 0.25) is 0 Å². The summed E-state index contributed by atoms with van der Waals surface area (Å²) >= 11 is 0. The number of nitrogens with one attached hydrogen (secondary N) is 2. The average molecular weight is 560 g/mol. The van der Waals surface area contributed by atoms with Gasteiger partial charge in [-0.3, -0.25) is 9.59 Å². The van der Waals surface area contributed by atoms with Crippen molar-refractivity contribution in [2.75, 3.05) is 0 Å². The number of carbonyl (C=O) groups excluding carboxylic acids is 3. The number of ether oxygens (including phenoxy) is 1. The summed E-state index contributed by atoms with van der Waals surface area (Å²) in [6.07, 6.45) is 6.63. The fourth-order valence-corrected chi connectivity index (χ4v) is 5.25. The van der Waals surface area contributed by atoms with Crippen molar-refractivity contribution >= 4 is 17.9 Å². The van der Waals surface area contributed by atoms with Crippen LogP contribution in [0.25, 0.3) is 0 Å². The molecule has 1 aliphatic carbocycles. The van der Waals surface area contributed by atoms with Crippen molar-refractivity contribution in [2.45, 2.75) is 137 Å². The maximum absolute atomic E-state index is 14.5. The SMILES string of the molecule is CCC(C)C(NC(=O)OC(C)(C)C)C(=O)N(C(C)CCC(C)C)C(C(=O)NC1CCCCC1)c1cccc(O)c1. The molecule has 1 saturated carbocycles. The third kappa shape index (κ3) is 10.3. The number of phenols is 1. The van der Waals surface area contributed by atoms with E-state index in [1.807, 2.05) is 20.8 Å². The lowest BCUT2D eigenvalue weighted by molar-refractivity contribution is -0.146. The summed E-state index contributed by atoms with van der Waals surface area (Å²) < 4.78 is 5.51. The van der Waals surface area contributed by atoms with E-state index in [1.54, 1.807) is 49.9 Å². The smallest absolute Gasteiger partial charge is 0.408 e. The highest BCUT2D eigenvalue weighted by Crippen LogP contribution is 2.31. The number of nitrogens with zero attached hydrogens (tertiary/aromatic N) is 1. The van der Waals surface area contributed by atoms with Crippen molar-refractivity contribution in [1.82, 2.24) is 15.5 Å². The molecule has 0 aromatic heterocycles. The van der Waals surface area contributed by atoms with Gasteiger partial charge in [-0.15, -0.1) is 0 Å². The van der Waals surface area contributed by atoms with Gasteiger partial charge < -0.3 is 25.4 Å². The Morgan fingerprint density at radius 1 is 1.05 bits per heavy atom. The fourth-order valence-electron chi connectivity index (χ4n) is 5.25. The Hall–Kier alpha value is -2.77. The second-order valence-corrected chi connectivity index (χ2v) is 12.9. The van der Waals surface area contributed by atoms with E-state index in [2.05, 4.69) is 24.5 Å². The Labute approximate surface area is 241 Å². The Morgan fingerprint density at radius 3 is 2.25 bits per heavy atom. The third-order valence-corrected chi connectivity index (χ3v) is 7.71. The normalized spacial score (nSPS) is 17.4. The summed E-state index contributed by atoms with van der Waals surface area (Å²) in [5, 5.41) is 16.4. The topological polar surface area (TPSA) is 108 Å². The molecule has 1 fully saturated rings. The maximum Gasteiger partial charge on any atom is 0.408 e. The standard InChI is InChI=1S/C32H53N3O5/c1-9-22(4)27(34-31(39)40-32(6,7)8)30(38)35(23(5)19-18-21(2)3)28(24-14-13-17-26(36)20-24)29(37)33-25-15-11-10-12-16-25/h13-14,17,20-23,25,27-28,36H,9-12,15-16,18-19H2,1-8H3,(H,33,37)(H,34,39). The minimum atomic E-state index is -0.962. The van der Waals surface area contributed by atoms with Crippen LogP contribution in [0, 0.1) is 11.8 Å². The predicted molar refractivity (Wildman–Crippen MR) is 159 cm³/mol. The number of rotatable bonds is 12. The molecule has 1 aromatic rings. The predicted octanol–water partition coefficient (Wildman–Crippen LogP) is 6.47. The van der Waals surface area contributed by atoms with Gasteiger partial charge in [-0.25, -0.2) is 4.79 Å². The van der Waals surface area contributed by atoms with E-state index in [9.17, 15) is 19.5 Å². The average Bonchev–Trinajstić information content (AvgIpc) is 2.87. The van der Waals surface area contributed by atoms with Gasteiger partial charge in [0, 0.05) is 12.1 Å². The first-order valence-corrected chi connectivity index (χ1v) is 15.1. The fraction of sp³-hybridized carbons (Fsp3) is 0.719. The quantitative estimate of drug-likeness (QED) is 0.272. The molecular weight excluding hydrogens is 506 g/mol. The van der Waals surface area contributed by atoms with Gasteiger partial charge in [-0.2, -0.15) is 0 Å². The molecule has 4 atom stereocenters. The number of alkyl carbamates (subject to hydrolysis) is 1. The lowest BCUT2D eigenvalue weighted by Gasteiger charge is -2.40. The zero-order valence-electron chi connectivity index (χ0n) is 26.0. The van der Waals surface area contributed by atoms with Crippen LogP contribution in [0.4, 0.5) is 4.79 Å². The molecule has 8 heteroatoms. The highest BCUT2D eigenvalue weighted by Gasteiger charge is 2.41. The number of carbonyl (C=O) groups is 3. The molecule has 0 saturated heterocycles. The Kier molecular flexibility index (Phi) is 12.8. The monoisotopic (exact) mass is 559 g/mol. The molecule has 0 spiro atoms. The largest absolute Gasteiger partial charge is 0.508 e. The van der Waals surface area contributed by atoms with Crippen molar-refractivity contribution in [3.8, 4) is 5.75 Å². The third-order valence-electron chi connectivity index (χ3n) is 7.71. The molecule has 3 N–H and O–H groups in total. The number of benzene rings is 1. The minimum Gasteiger partial charge on any atom is -0.508 e. The second kappa shape index (κ2) is 15.3. The van der Waals surface area contributed by atoms with Crippen molar-refractivity contribution in [3.63, 3.8) is 0 Å². The lowest BCUT2D eigenvalue weighted by Crippen LogP contribution is -2.58. The van der Waals surface area contributed by atoms with Gasteiger partial charge in [0.2, 0.25) is 11.8 Å². The van der Waals surface area contributed by atoms with E-state index in [4.69, 9.17) is 4.74 Å². The first-order chi connectivity index (χ1) is 18.7. The van der Waals surface area contributed by atoms with Crippen LogP contribution >= 0.6 is 0 Å². The summed E-state index contributed by atoms with van der Waals surface area (Å²) in [4.78, 5) is 43.1. The van der Waals surface area contributed by atoms with E-state index < -0.39 is 23.8 Å². The highest BCUT2D eigenvalue weighted by atomic mass is 16.6. The van der Waals surface area contributed by atoms with E-state index in [0.29, 0.717) is 24.3 Å². The number of aromatic hydroxyl groups is 1. The summed E-state index contributed by atoms with van der Waals surface area (Å²) in [6.45, 7) is 15.5. The maximum atomic E-state index is 14.5. The van der Waals surface area contributed by atoms with Gasteiger partial charge in [0.05, 0.1) is 0 Å². The van der Waals surface area contributed by atoms with Crippen LogP contribution in [0.5, 0.6) is 5.75 Å². The summed E-state index contributed by atoms with van der Waals surface area (Å²) in [5.41, 5.74) is -0.181. The summed E-state index contributed by atoms with van der Waals surface area (Å²) in [6, 6.07) is 4.48. The van der Waals surface area contributed by atoms with Gasteiger partial charge in [-0.1, -0.05) is 65.5 Å². The van der Waals surface area contributed by atoms with Crippen molar-refractivity contribution in [1.29, 1.82) is 0 Å². The molecule has 2 rings (SSSR count). The van der Waals surface area contributed by atoms with Gasteiger partial charge in [0.1, 0.15) is 23.4 Å². The van der Waals surface area contributed by atoms with Crippen LogP contribution in [0.1, 0.15) is 118 Å². The van der Waals surface area contributed by atoms with Crippen molar-refractivity contribution < 1.29 is 24.2 Å². The van der Waals surface area contributed by atoms with E-state index >= 15 is 0 Å². The molecule has 226 valence electrons. The molecule has 0 heterocycles. The molecule has 4 unspecified atom stereocenters. The minimum absolute atomic E-state index is 0.0283. The molecular formula is C32H53N3O5. The summed E-state index contributed by atoms with van der Waals surface area (Å²) in [5.74, 6) is -0.349. The van der Waals surface area contributed by atoms with Crippen molar-refractivity contribution in [3.05, 3.63) is 29.8 Å². The van der Waals surface area contributed by atoms with E-state index in [0.717, 1.165) is 38.5 Å². The molecule has 3 amide bonds. The Bertz CT molecular complexity index is 968. The molecule has 1 aromatic carbocycles. The van der Waals surface area contributed by atoms with Crippen LogP contribution in [-0.2, 0) is 14.3 Å². The van der Waals surface area contributed by atoms with Gasteiger partial charge >= 0.3 is 6.09 Å². The van der Waals surface area contributed by atoms with E-state index in [1.165, 1.54) is 0 Å². The van der Waals surface area contributed by atoms with Gasteiger partial charge in [0.15, 0.2) is 0 Å². The summed E-state index contributed by atoms with van der Waals surface area (Å²) in [7, 11) is 0. The molecule has 0 radical (unpaired) electrons. The number of hydrogen-bond donors (Lipinski definition) is 3. The second-order valence-electron chi connectivity index (χ2n) is 12.9. The molecule has 8 nitrogen and oxygen atoms in total. The zero-order valence-corrected chi connectivity index (χ0v) is 26.0. The van der Waals surface area contributed by atoms with Crippen LogP contribution in [-0.4, -0.2) is 51.6 Å². The first-order valence-electron chi connectivity index (χ1n) is 15.1. The number of hydrogen-bond acceptors (Lipinski definition) is 5. The van der Waals surface area contributed by atoms with Crippen LogP contribution < -0.4 is 10.6 Å². The first kappa shape index (κ1) is 33.4. The van der Waals surface area contributed by atoms with Crippen LogP contribution in [0.15, 0.2) is 24.3 Å². The van der Waals surface area contributed by atoms with Gasteiger partial charge in [-0.05, 0) is 82.9 Å². The Morgan fingerprint density at radius 2 is 1.70 bits per heavy atom. The lowest BCUT2D eigenvalue weighted by atomic mass is 9.92. The highest BCUT2D eigenvalue weighted by molar-refractivity contribution is 5.92.